The third kappa shape index (κ3) is 7.47. The fourth-order valence-corrected chi connectivity index (χ4v) is 2.02. The minimum atomic E-state index is -3.59. The molecule has 0 rings (SSSR count). The van der Waals surface area contributed by atoms with Crippen molar-refractivity contribution in [1.29, 1.82) is 0 Å². The molecule has 0 saturated carbocycles. The van der Waals surface area contributed by atoms with Crippen LogP contribution in [0, 0.1) is 5.92 Å². The highest BCUT2D eigenvalue weighted by Gasteiger charge is 2.20. The molecule has 0 aromatic rings. The van der Waals surface area contributed by atoms with Crippen molar-refractivity contribution < 1.29 is 13.2 Å². The monoisotopic (exact) mass is 236 g/mol. The summed E-state index contributed by atoms with van der Waals surface area (Å²) in [5, 5.41) is 0. The quantitative estimate of drug-likeness (QED) is 0.727. The molecule has 0 aromatic heterocycles. The van der Waals surface area contributed by atoms with E-state index in [-0.39, 0.29) is 18.2 Å². The van der Waals surface area contributed by atoms with Gasteiger partial charge in [-0.15, -0.1) is 0 Å². The molecule has 0 aliphatic carbocycles. The van der Waals surface area contributed by atoms with E-state index in [1.54, 1.807) is 34.6 Å². The summed E-state index contributed by atoms with van der Waals surface area (Å²) in [7, 11) is -3.59. The van der Waals surface area contributed by atoms with Gasteiger partial charge in [0, 0.05) is 11.5 Å². The van der Waals surface area contributed by atoms with Crippen LogP contribution in [-0.2, 0) is 15.0 Å². The van der Waals surface area contributed by atoms with E-state index in [9.17, 15) is 13.2 Å². The number of rotatable bonds is 5. The van der Waals surface area contributed by atoms with Gasteiger partial charge in [-0.3, -0.25) is 4.79 Å². The van der Waals surface area contributed by atoms with Crippen LogP contribution in [0.5, 0.6) is 0 Å². The molecule has 0 amide bonds. The van der Waals surface area contributed by atoms with Crippen molar-refractivity contribution in [2.45, 2.75) is 40.2 Å². The first-order chi connectivity index (χ1) is 6.53. The minimum absolute atomic E-state index is 0.130. The molecule has 0 atom stereocenters. The van der Waals surface area contributed by atoms with Gasteiger partial charge in [-0.1, -0.05) is 13.8 Å². The second-order valence-electron chi connectivity index (χ2n) is 4.80. The van der Waals surface area contributed by atoms with E-state index in [1.165, 1.54) is 0 Å². The van der Waals surface area contributed by atoms with Crippen molar-refractivity contribution in [2.24, 2.45) is 5.92 Å². The Morgan fingerprint density at radius 3 is 2.07 bits per heavy atom. The molecule has 2 N–H and O–H groups in total. The molecule has 0 radical (unpaired) electrons. The van der Waals surface area contributed by atoms with E-state index in [1.807, 2.05) is 0 Å². The molecule has 0 aromatic carbocycles. The number of ketones is 1. The molecule has 0 aliphatic heterocycles. The zero-order chi connectivity index (χ0) is 12.3. The second kappa shape index (κ2) is 5.05. The summed E-state index contributed by atoms with van der Waals surface area (Å²) < 4.78 is 27.4. The van der Waals surface area contributed by atoms with Crippen LogP contribution in [0.2, 0.25) is 0 Å². The molecule has 5 nitrogen and oxygen atoms in total. The topological polar surface area (TPSA) is 75.3 Å². The molecule has 0 heterocycles. The lowest BCUT2D eigenvalue weighted by Crippen LogP contribution is -2.48. The SMILES string of the molecule is CC(C)C(=O)CNS(=O)(=O)NC(C)(C)C. The maximum absolute atomic E-state index is 11.4. The van der Waals surface area contributed by atoms with Gasteiger partial charge in [0.1, 0.15) is 5.78 Å². The largest absolute Gasteiger partial charge is 0.298 e. The van der Waals surface area contributed by atoms with E-state index >= 15 is 0 Å². The third-order valence-corrected chi connectivity index (χ3v) is 2.93. The molecular weight excluding hydrogens is 216 g/mol. The van der Waals surface area contributed by atoms with Gasteiger partial charge >= 0.3 is 0 Å². The Bertz CT molecular complexity index is 315. The van der Waals surface area contributed by atoms with E-state index in [2.05, 4.69) is 9.44 Å². The van der Waals surface area contributed by atoms with Gasteiger partial charge < -0.3 is 0 Å². The maximum atomic E-state index is 11.4. The van der Waals surface area contributed by atoms with Crippen molar-refractivity contribution in [3.05, 3.63) is 0 Å². The minimum Gasteiger partial charge on any atom is -0.298 e. The fraction of sp³-hybridized carbons (Fsp3) is 0.889. The van der Waals surface area contributed by atoms with Gasteiger partial charge in [-0.25, -0.2) is 0 Å². The Kier molecular flexibility index (Phi) is 4.89. The number of carbonyl (C=O) groups is 1. The molecule has 0 spiro atoms. The first kappa shape index (κ1) is 14.5. The lowest BCUT2D eigenvalue weighted by atomic mass is 10.1. The van der Waals surface area contributed by atoms with Crippen molar-refractivity contribution in [3.63, 3.8) is 0 Å². The Hall–Kier alpha value is -0.460. The summed E-state index contributed by atoms with van der Waals surface area (Å²) in [5.74, 6) is -0.295. The van der Waals surface area contributed by atoms with Gasteiger partial charge in [0.2, 0.25) is 0 Å². The number of Topliss-reactive ketones (excluding diaryl/α,β-unsaturated/α-hetero) is 1. The van der Waals surface area contributed by atoms with Gasteiger partial charge in [-0.05, 0) is 20.8 Å². The van der Waals surface area contributed by atoms with Crippen LogP contribution in [0.25, 0.3) is 0 Å². The summed E-state index contributed by atoms with van der Waals surface area (Å²) in [6.07, 6.45) is 0. The van der Waals surface area contributed by atoms with Gasteiger partial charge in [0.25, 0.3) is 10.2 Å². The molecule has 15 heavy (non-hydrogen) atoms. The number of carbonyl (C=O) groups excluding carboxylic acids is 1. The third-order valence-electron chi connectivity index (χ3n) is 1.52. The lowest BCUT2D eigenvalue weighted by molar-refractivity contribution is -0.120. The molecule has 0 unspecified atom stereocenters. The Morgan fingerprint density at radius 1 is 1.27 bits per heavy atom. The normalized spacial score (nSPS) is 13.2. The van der Waals surface area contributed by atoms with Crippen LogP contribution in [0.15, 0.2) is 0 Å². The molecule has 6 heteroatoms. The van der Waals surface area contributed by atoms with Crippen LogP contribution in [0.3, 0.4) is 0 Å². The van der Waals surface area contributed by atoms with Crippen LogP contribution in [0.4, 0.5) is 0 Å². The van der Waals surface area contributed by atoms with E-state index < -0.39 is 15.7 Å². The summed E-state index contributed by atoms with van der Waals surface area (Å²) in [6.45, 7) is 8.49. The molecule has 90 valence electrons. The zero-order valence-corrected chi connectivity index (χ0v) is 10.7. The summed E-state index contributed by atoms with van der Waals surface area (Å²) in [4.78, 5) is 11.2. The first-order valence-electron chi connectivity index (χ1n) is 4.85. The Balaban J connectivity index is 4.24. The lowest BCUT2D eigenvalue weighted by Gasteiger charge is -2.20. The molecular formula is C9H20N2O3S. The summed E-state index contributed by atoms with van der Waals surface area (Å²) in [5.41, 5.74) is -0.549. The highest BCUT2D eigenvalue weighted by atomic mass is 32.2. The summed E-state index contributed by atoms with van der Waals surface area (Å²) >= 11 is 0. The highest BCUT2D eigenvalue weighted by molar-refractivity contribution is 7.87. The Morgan fingerprint density at radius 2 is 1.73 bits per heavy atom. The number of nitrogens with one attached hydrogen (secondary N) is 2. The van der Waals surface area contributed by atoms with Crippen LogP contribution in [0.1, 0.15) is 34.6 Å². The predicted octanol–water partition coefficient (Wildman–Crippen LogP) is 0.434. The Labute approximate surface area is 91.8 Å². The first-order valence-corrected chi connectivity index (χ1v) is 6.33. The average Bonchev–Trinajstić information content (AvgIpc) is 1.95. The van der Waals surface area contributed by atoms with Crippen molar-refractivity contribution in [2.75, 3.05) is 6.54 Å². The predicted molar refractivity (Wildman–Crippen MR) is 59.7 cm³/mol. The smallest absolute Gasteiger partial charge is 0.277 e. The maximum Gasteiger partial charge on any atom is 0.277 e. The zero-order valence-electron chi connectivity index (χ0n) is 9.92. The molecule has 0 aliphatic rings. The van der Waals surface area contributed by atoms with E-state index in [0.29, 0.717) is 0 Å². The molecule has 0 bridgehead atoms. The van der Waals surface area contributed by atoms with E-state index in [4.69, 9.17) is 0 Å². The van der Waals surface area contributed by atoms with E-state index in [0.717, 1.165) is 0 Å². The van der Waals surface area contributed by atoms with Crippen molar-refractivity contribution >= 4 is 16.0 Å². The molecule has 0 fully saturated rings. The van der Waals surface area contributed by atoms with Gasteiger partial charge in [0.15, 0.2) is 0 Å². The van der Waals surface area contributed by atoms with Crippen LogP contribution < -0.4 is 9.44 Å². The van der Waals surface area contributed by atoms with Crippen molar-refractivity contribution in [1.82, 2.24) is 9.44 Å². The highest BCUT2D eigenvalue weighted by Crippen LogP contribution is 2.00. The van der Waals surface area contributed by atoms with Crippen LogP contribution in [-0.4, -0.2) is 26.3 Å². The second-order valence-corrected chi connectivity index (χ2v) is 6.30. The fourth-order valence-electron chi connectivity index (χ4n) is 0.809. The van der Waals surface area contributed by atoms with Crippen molar-refractivity contribution in [3.8, 4) is 0 Å². The van der Waals surface area contributed by atoms with Gasteiger partial charge in [-0.2, -0.15) is 17.9 Å². The van der Waals surface area contributed by atoms with Gasteiger partial charge in [0.05, 0.1) is 6.54 Å². The number of hydrogen-bond acceptors (Lipinski definition) is 3. The average molecular weight is 236 g/mol. The van der Waals surface area contributed by atoms with Crippen LogP contribution >= 0.6 is 0 Å². The number of hydrogen-bond donors (Lipinski definition) is 2. The standard InChI is InChI=1S/C9H20N2O3S/c1-7(2)8(12)6-10-15(13,14)11-9(3,4)5/h7,10-11H,6H2,1-5H3. The molecule has 0 saturated heterocycles. The summed E-state index contributed by atoms with van der Waals surface area (Å²) in [6, 6.07) is 0.